The molecule has 1 amide bonds. The Morgan fingerprint density at radius 1 is 1.12 bits per heavy atom. The van der Waals surface area contributed by atoms with Crippen molar-refractivity contribution in [2.45, 2.75) is 23.5 Å². The van der Waals surface area contributed by atoms with Crippen LogP contribution >= 0.6 is 23.4 Å². The van der Waals surface area contributed by atoms with Gasteiger partial charge >= 0.3 is 0 Å². The zero-order valence-electron chi connectivity index (χ0n) is 13.8. The minimum Gasteiger partial charge on any atom is -0.493 e. The van der Waals surface area contributed by atoms with Crippen LogP contribution in [0.4, 0.5) is 5.69 Å². The molecule has 2 aromatic carbocycles. The van der Waals surface area contributed by atoms with Gasteiger partial charge in [0.05, 0.1) is 19.5 Å². The summed E-state index contributed by atoms with van der Waals surface area (Å²) in [5.74, 6) is 1.15. The van der Waals surface area contributed by atoms with E-state index in [1.807, 2.05) is 31.2 Å². The Labute approximate surface area is 151 Å². The van der Waals surface area contributed by atoms with Crippen molar-refractivity contribution in [3.05, 3.63) is 47.5 Å². The maximum Gasteiger partial charge on any atom is 0.237 e. The van der Waals surface area contributed by atoms with Crippen LogP contribution in [0.5, 0.6) is 11.5 Å². The molecule has 24 heavy (non-hydrogen) atoms. The molecule has 0 aliphatic rings. The van der Waals surface area contributed by atoms with E-state index in [1.54, 1.807) is 32.4 Å². The predicted molar refractivity (Wildman–Crippen MR) is 99.6 cm³/mol. The Morgan fingerprint density at radius 3 is 2.38 bits per heavy atom. The second-order valence-corrected chi connectivity index (χ2v) is 6.74. The second kappa shape index (κ2) is 8.85. The highest BCUT2D eigenvalue weighted by Gasteiger charge is 2.18. The summed E-state index contributed by atoms with van der Waals surface area (Å²) in [6, 6.07) is 12.8. The summed E-state index contributed by atoms with van der Waals surface area (Å²) in [7, 11) is 3.14. The lowest BCUT2D eigenvalue weighted by Crippen LogP contribution is -2.24. The fourth-order valence-electron chi connectivity index (χ4n) is 2.14. The van der Waals surface area contributed by atoms with Gasteiger partial charge in [0, 0.05) is 21.7 Å². The molecule has 0 heterocycles. The molecule has 4 nitrogen and oxygen atoms in total. The van der Waals surface area contributed by atoms with Gasteiger partial charge in [-0.1, -0.05) is 18.5 Å². The molecule has 0 fully saturated rings. The van der Waals surface area contributed by atoms with E-state index in [-0.39, 0.29) is 11.2 Å². The Balaban J connectivity index is 2.07. The van der Waals surface area contributed by atoms with Gasteiger partial charge in [-0.3, -0.25) is 4.79 Å². The third kappa shape index (κ3) is 4.82. The highest BCUT2D eigenvalue weighted by molar-refractivity contribution is 8.00. The molecule has 128 valence electrons. The molecular weight excluding hydrogens is 346 g/mol. The average Bonchev–Trinajstić information content (AvgIpc) is 2.60. The van der Waals surface area contributed by atoms with Crippen molar-refractivity contribution in [1.29, 1.82) is 0 Å². The molecule has 2 aromatic rings. The Bertz CT molecular complexity index is 691. The van der Waals surface area contributed by atoms with Gasteiger partial charge in [0.2, 0.25) is 5.91 Å². The number of ether oxygens (including phenoxy) is 2. The van der Waals surface area contributed by atoms with Gasteiger partial charge in [0.1, 0.15) is 0 Å². The molecule has 1 N–H and O–H groups in total. The van der Waals surface area contributed by atoms with E-state index in [4.69, 9.17) is 21.1 Å². The number of thioether (sulfide) groups is 1. The van der Waals surface area contributed by atoms with Crippen LogP contribution in [-0.4, -0.2) is 25.4 Å². The Kier molecular flexibility index (Phi) is 6.82. The molecule has 0 aliphatic carbocycles. The monoisotopic (exact) mass is 365 g/mol. The zero-order valence-corrected chi connectivity index (χ0v) is 15.4. The maximum absolute atomic E-state index is 12.5. The number of anilines is 1. The molecule has 2 rings (SSSR count). The normalized spacial score (nSPS) is 11.7. The molecule has 0 radical (unpaired) electrons. The first kappa shape index (κ1) is 18.5. The van der Waals surface area contributed by atoms with Gasteiger partial charge in [-0.25, -0.2) is 0 Å². The number of benzene rings is 2. The lowest BCUT2D eigenvalue weighted by Gasteiger charge is -2.16. The van der Waals surface area contributed by atoms with Crippen molar-refractivity contribution in [3.8, 4) is 11.5 Å². The first-order valence-corrected chi connectivity index (χ1v) is 8.78. The summed E-state index contributed by atoms with van der Waals surface area (Å²) in [6.45, 7) is 1.99. The van der Waals surface area contributed by atoms with E-state index in [0.717, 1.165) is 4.90 Å². The fraction of sp³-hybridized carbons (Fsp3) is 0.278. The van der Waals surface area contributed by atoms with Crippen LogP contribution in [0.25, 0.3) is 0 Å². The summed E-state index contributed by atoms with van der Waals surface area (Å²) in [6.07, 6.45) is 0.715. The van der Waals surface area contributed by atoms with Gasteiger partial charge in [0.15, 0.2) is 11.5 Å². The van der Waals surface area contributed by atoms with E-state index < -0.39 is 0 Å². The van der Waals surface area contributed by atoms with Gasteiger partial charge in [0.25, 0.3) is 0 Å². The Morgan fingerprint density at radius 2 is 1.79 bits per heavy atom. The number of methoxy groups -OCH3 is 2. The molecular formula is C18H20ClNO3S. The molecule has 0 unspecified atom stereocenters. The summed E-state index contributed by atoms with van der Waals surface area (Å²) < 4.78 is 10.5. The van der Waals surface area contributed by atoms with Crippen LogP contribution in [0.2, 0.25) is 5.02 Å². The van der Waals surface area contributed by atoms with Crippen LogP contribution in [0.1, 0.15) is 13.3 Å². The highest BCUT2D eigenvalue weighted by atomic mass is 35.5. The number of carbonyl (C=O) groups excluding carboxylic acids is 1. The highest BCUT2D eigenvalue weighted by Crippen LogP contribution is 2.31. The van der Waals surface area contributed by atoms with E-state index in [1.165, 1.54) is 11.8 Å². The van der Waals surface area contributed by atoms with Gasteiger partial charge in [-0.15, -0.1) is 11.8 Å². The molecule has 0 bridgehead atoms. The fourth-order valence-corrected chi connectivity index (χ4v) is 3.22. The topological polar surface area (TPSA) is 47.6 Å². The van der Waals surface area contributed by atoms with E-state index in [9.17, 15) is 4.79 Å². The minimum absolute atomic E-state index is 0.0512. The van der Waals surface area contributed by atoms with Crippen LogP contribution in [-0.2, 0) is 4.79 Å². The SMILES string of the molecule is CC[C@@H](Sc1ccc(Cl)cc1)C(=O)Nc1ccc(OC)c(OC)c1. The van der Waals surface area contributed by atoms with Gasteiger partial charge in [-0.2, -0.15) is 0 Å². The predicted octanol–water partition coefficient (Wildman–Crippen LogP) is 4.87. The van der Waals surface area contributed by atoms with Gasteiger partial charge < -0.3 is 14.8 Å². The van der Waals surface area contributed by atoms with Crippen LogP contribution in [0.3, 0.4) is 0 Å². The third-order valence-corrected chi connectivity index (χ3v) is 5.03. The molecule has 0 aliphatic heterocycles. The maximum atomic E-state index is 12.5. The smallest absolute Gasteiger partial charge is 0.237 e. The van der Waals surface area contributed by atoms with E-state index >= 15 is 0 Å². The van der Waals surface area contributed by atoms with Crippen molar-refractivity contribution in [2.24, 2.45) is 0 Å². The lowest BCUT2D eigenvalue weighted by atomic mass is 10.2. The van der Waals surface area contributed by atoms with Crippen LogP contribution in [0, 0.1) is 0 Å². The van der Waals surface area contributed by atoms with Crippen LogP contribution < -0.4 is 14.8 Å². The summed E-state index contributed by atoms with van der Waals surface area (Å²) in [4.78, 5) is 13.5. The van der Waals surface area contributed by atoms with Crippen molar-refractivity contribution >= 4 is 35.0 Å². The lowest BCUT2D eigenvalue weighted by molar-refractivity contribution is -0.115. The number of hydrogen-bond donors (Lipinski definition) is 1. The quantitative estimate of drug-likeness (QED) is 0.711. The first-order chi connectivity index (χ1) is 11.6. The Hall–Kier alpha value is -1.85. The summed E-state index contributed by atoms with van der Waals surface area (Å²) in [5, 5.41) is 3.42. The number of carbonyl (C=O) groups is 1. The number of amides is 1. The van der Waals surface area contributed by atoms with Gasteiger partial charge in [-0.05, 0) is 42.8 Å². The number of hydrogen-bond acceptors (Lipinski definition) is 4. The first-order valence-electron chi connectivity index (χ1n) is 7.52. The molecule has 0 spiro atoms. The zero-order chi connectivity index (χ0) is 17.5. The largest absolute Gasteiger partial charge is 0.493 e. The molecule has 0 saturated carbocycles. The van der Waals surface area contributed by atoms with E-state index in [0.29, 0.717) is 28.6 Å². The molecule has 0 saturated heterocycles. The van der Waals surface area contributed by atoms with E-state index in [2.05, 4.69) is 5.32 Å². The number of nitrogens with one attached hydrogen (secondary N) is 1. The van der Waals surface area contributed by atoms with Crippen molar-refractivity contribution < 1.29 is 14.3 Å². The molecule has 6 heteroatoms. The van der Waals surface area contributed by atoms with Crippen molar-refractivity contribution in [1.82, 2.24) is 0 Å². The van der Waals surface area contributed by atoms with Crippen LogP contribution in [0.15, 0.2) is 47.4 Å². The summed E-state index contributed by atoms with van der Waals surface area (Å²) in [5.41, 5.74) is 0.674. The average molecular weight is 366 g/mol. The number of halogens is 1. The minimum atomic E-state index is -0.195. The molecule has 0 aromatic heterocycles. The standard InChI is InChI=1S/C18H20ClNO3S/c1-4-17(24-14-8-5-12(19)6-9-14)18(21)20-13-7-10-15(22-2)16(11-13)23-3/h5-11,17H,4H2,1-3H3,(H,20,21)/t17-/m1/s1. The van der Waals surface area contributed by atoms with Crippen molar-refractivity contribution in [2.75, 3.05) is 19.5 Å². The molecule has 1 atom stereocenters. The number of rotatable bonds is 7. The second-order valence-electron chi connectivity index (χ2n) is 5.03. The summed E-state index contributed by atoms with van der Waals surface area (Å²) >= 11 is 7.41. The van der Waals surface area contributed by atoms with Crippen molar-refractivity contribution in [3.63, 3.8) is 0 Å². The third-order valence-electron chi connectivity index (χ3n) is 3.41.